The number of amides is 2. The molecule has 108 valence electrons. The van der Waals surface area contributed by atoms with Crippen LogP contribution in [0.1, 0.15) is 46.6 Å². The Morgan fingerprint density at radius 2 is 2.11 bits per heavy atom. The highest BCUT2D eigenvalue weighted by Crippen LogP contribution is 2.15. The number of hydrogen-bond donors (Lipinski definition) is 3. The first kappa shape index (κ1) is 15.5. The molecule has 0 aromatic carbocycles. The quantitative estimate of drug-likeness (QED) is 0.739. The summed E-state index contributed by atoms with van der Waals surface area (Å²) in [7, 11) is 0. The van der Waals surface area contributed by atoms with Crippen LogP contribution in [0, 0.1) is 0 Å². The minimum Gasteiger partial charge on any atom is -0.394 e. The molecule has 0 aliphatic carbocycles. The van der Waals surface area contributed by atoms with E-state index in [2.05, 4.69) is 15.7 Å². The lowest BCUT2D eigenvalue weighted by atomic mass is 9.94. The Balaban J connectivity index is 2.63. The van der Waals surface area contributed by atoms with Crippen LogP contribution in [0.2, 0.25) is 0 Å². The number of rotatable bonds is 6. The van der Waals surface area contributed by atoms with E-state index in [4.69, 9.17) is 0 Å². The summed E-state index contributed by atoms with van der Waals surface area (Å²) < 4.78 is 1.77. The van der Waals surface area contributed by atoms with Crippen molar-refractivity contribution in [2.75, 3.05) is 11.9 Å². The van der Waals surface area contributed by atoms with Gasteiger partial charge in [0.2, 0.25) is 0 Å². The number of aliphatic hydroxyl groups is 1. The molecule has 1 aromatic rings. The third-order valence-corrected chi connectivity index (χ3v) is 3.42. The van der Waals surface area contributed by atoms with Crippen molar-refractivity contribution in [1.29, 1.82) is 0 Å². The Morgan fingerprint density at radius 3 is 2.53 bits per heavy atom. The predicted molar refractivity (Wildman–Crippen MR) is 75.2 cm³/mol. The van der Waals surface area contributed by atoms with Gasteiger partial charge in [0.05, 0.1) is 24.0 Å². The minimum atomic E-state index is -0.557. The molecule has 0 unspecified atom stereocenters. The third kappa shape index (κ3) is 3.96. The van der Waals surface area contributed by atoms with E-state index in [1.54, 1.807) is 17.1 Å². The molecule has 3 N–H and O–H groups in total. The van der Waals surface area contributed by atoms with Crippen molar-refractivity contribution >= 4 is 11.7 Å². The Bertz CT molecular complexity index is 402. The van der Waals surface area contributed by atoms with Gasteiger partial charge in [-0.3, -0.25) is 4.68 Å². The zero-order valence-corrected chi connectivity index (χ0v) is 12.1. The number of carbonyl (C=O) groups excluding carboxylic acids is 1. The number of aromatic nitrogens is 2. The summed E-state index contributed by atoms with van der Waals surface area (Å²) in [6.45, 7) is 7.84. The van der Waals surface area contributed by atoms with E-state index in [1.807, 2.05) is 27.7 Å². The maximum Gasteiger partial charge on any atom is 0.319 e. The lowest BCUT2D eigenvalue weighted by Crippen LogP contribution is -2.51. The second kappa shape index (κ2) is 6.56. The maximum atomic E-state index is 11.9. The molecule has 0 atom stereocenters. The molecule has 19 heavy (non-hydrogen) atoms. The molecule has 0 bridgehead atoms. The number of nitrogens with one attached hydrogen (secondary N) is 2. The van der Waals surface area contributed by atoms with Gasteiger partial charge in [-0.05, 0) is 26.7 Å². The number of carbonyl (C=O) groups is 1. The monoisotopic (exact) mass is 268 g/mol. The molecule has 1 rings (SSSR count). The van der Waals surface area contributed by atoms with Gasteiger partial charge < -0.3 is 15.7 Å². The van der Waals surface area contributed by atoms with Crippen molar-refractivity contribution in [3.8, 4) is 0 Å². The normalized spacial score (nSPS) is 11.7. The summed E-state index contributed by atoms with van der Waals surface area (Å²) in [5, 5.41) is 19.1. The van der Waals surface area contributed by atoms with Gasteiger partial charge in [-0.15, -0.1) is 0 Å². The first-order chi connectivity index (χ1) is 8.96. The van der Waals surface area contributed by atoms with Gasteiger partial charge in [-0.25, -0.2) is 4.79 Å². The predicted octanol–water partition coefficient (Wildman–Crippen LogP) is 2.14. The highest BCUT2D eigenvalue weighted by molar-refractivity contribution is 5.89. The highest BCUT2D eigenvalue weighted by Gasteiger charge is 2.27. The molecule has 0 aliphatic rings. The largest absolute Gasteiger partial charge is 0.394 e. The molecule has 0 fully saturated rings. The summed E-state index contributed by atoms with van der Waals surface area (Å²) in [5.74, 6) is 0. The molecule has 0 saturated carbocycles. The molecule has 6 heteroatoms. The van der Waals surface area contributed by atoms with Crippen LogP contribution in [-0.2, 0) is 0 Å². The van der Waals surface area contributed by atoms with Gasteiger partial charge >= 0.3 is 6.03 Å². The fourth-order valence-electron chi connectivity index (χ4n) is 1.78. The smallest absolute Gasteiger partial charge is 0.319 e. The average Bonchev–Trinajstić information content (AvgIpc) is 2.84. The second-order valence-electron chi connectivity index (χ2n) is 5.03. The molecule has 0 saturated heterocycles. The number of nitrogens with zero attached hydrogens (tertiary/aromatic N) is 2. The Hall–Kier alpha value is -1.56. The molecule has 1 heterocycles. The molecular formula is C13H24N4O2. The Morgan fingerprint density at radius 1 is 1.47 bits per heavy atom. The van der Waals surface area contributed by atoms with Crippen molar-refractivity contribution in [1.82, 2.24) is 15.1 Å². The number of anilines is 1. The van der Waals surface area contributed by atoms with Crippen molar-refractivity contribution in [3.63, 3.8) is 0 Å². The van der Waals surface area contributed by atoms with E-state index in [9.17, 15) is 9.90 Å². The first-order valence-corrected chi connectivity index (χ1v) is 6.70. The summed E-state index contributed by atoms with van der Waals surface area (Å²) in [6.07, 6.45) is 4.75. The summed E-state index contributed by atoms with van der Waals surface area (Å²) in [5.41, 5.74) is 0.0863. The van der Waals surface area contributed by atoms with E-state index in [1.165, 1.54) is 0 Å². The Labute approximate surface area is 114 Å². The topological polar surface area (TPSA) is 79.2 Å². The van der Waals surface area contributed by atoms with Gasteiger partial charge in [-0.1, -0.05) is 13.8 Å². The van der Waals surface area contributed by atoms with Gasteiger partial charge in [-0.2, -0.15) is 5.10 Å². The second-order valence-corrected chi connectivity index (χ2v) is 5.03. The van der Waals surface area contributed by atoms with E-state index in [-0.39, 0.29) is 18.7 Å². The van der Waals surface area contributed by atoms with Gasteiger partial charge in [0, 0.05) is 12.2 Å². The lowest BCUT2D eigenvalue weighted by molar-refractivity contribution is 0.155. The van der Waals surface area contributed by atoms with E-state index < -0.39 is 5.54 Å². The molecule has 6 nitrogen and oxygen atoms in total. The van der Waals surface area contributed by atoms with Gasteiger partial charge in [0.25, 0.3) is 0 Å². The Kier molecular flexibility index (Phi) is 5.35. The van der Waals surface area contributed by atoms with Crippen molar-refractivity contribution in [2.45, 2.75) is 52.1 Å². The average molecular weight is 268 g/mol. The summed E-state index contributed by atoms with van der Waals surface area (Å²) in [4.78, 5) is 11.9. The standard InChI is InChI=1S/C13H24N4O2/c1-5-13(6-2,9-18)16-12(19)15-11-7-14-17(8-11)10(3)4/h7-8,10,18H,5-6,9H2,1-4H3,(H2,15,16,19). The van der Waals surface area contributed by atoms with Crippen molar-refractivity contribution < 1.29 is 9.90 Å². The highest BCUT2D eigenvalue weighted by atomic mass is 16.3. The van der Waals surface area contributed by atoms with Crippen LogP contribution >= 0.6 is 0 Å². The van der Waals surface area contributed by atoms with Crippen LogP contribution in [0.3, 0.4) is 0 Å². The zero-order valence-electron chi connectivity index (χ0n) is 12.1. The van der Waals surface area contributed by atoms with Crippen LogP contribution < -0.4 is 10.6 Å². The van der Waals surface area contributed by atoms with Gasteiger partial charge in [0.15, 0.2) is 0 Å². The third-order valence-electron chi connectivity index (χ3n) is 3.42. The SMILES string of the molecule is CCC(CC)(CO)NC(=O)Nc1cnn(C(C)C)c1. The number of urea groups is 1. The lowest BCUT2D eigenvalue weighted by Gasteiger charge is -2.30. The number of aliphatic hydroxyl groups excluding tert-OH is 1. The fourth-order valence-corrected chi connectivity index (χ4v) is 1.78. The van der Waals surface area contributed by atoms with Crippen LogP contribution in [0.4, 0.5) is 10.5 Å². The number of hydrogen-bond acceptors (Lipinski definition) is 3. The van der Waals surface area contributed by atoms with Crippen LogP contribution in [0.15, 0.2) is 12.4 Å². The molecule has 1 aromatic heterocycles. The van der Waals surface area contributed by atoms with Crippen molar-refractivity contribution in [3.05, 3.63) is 12.4 Å². The zero-order chi connectivity index (χ0) is 14.5. The fraction of sp³-hybridized carbons (Fsp3) is 0.692. The van der Waals surface area contributed by atoms with Crippen LogP contribution in [0.5, 0.6) is 0 Å². The van der Waals surface area contributed by atoms with E-state index in [0.29, 0.717) is 18.5 Å². The maximum absolute atomic E-state index is 11.9. The molecule has 2 amide bonds. The molecule has 0 spiro atoms. The summed E-state index contributed by atoms with van der Waals surface area (Å²) >= 11 is 0. The molecule has 0 radical (unpaired) electrons. The van der Waals surface area contributed by atoms with Gasteiger partial charge in [0.1, 0.15) is 0 Å². The van der Waals surface area contributed by atoms with E-state index >= 15 is 0 Å². The molecule has 0 aliphatic heterocycles. The first-order valence-electron chi connectivity index (χ1n) is 6.70. The minimum absolute atomic E-state index is 0.0708. The van der Waals surface area contributed by atoms with E-state index in [0.717, 1.165) is 0 Å². The van der Waals surface area contributed by atoms with Crippen molar-refractivity contribution in [2.24, 2.45) is 0 Å². The summed E-state index contributed by atoms with van der Waals surface area (Å²) in [6, 6.07) is -0.0671. The van der Waals surface area contributed by atoms with Crippen LogP contribution in [-0.4, -0.2) is 33.1 Å². The molecular weight excluding hydrogens is 244 g/mol. The van der Waals surface area contributed by atoms with Crippen LogP contribution in [0.25, 0.3) is 0 Å².